The lowest BCUT2D eigenvalue weighted by atomic mass is 10.0. The normalized spacial score (nSPS) is 10.8. The van der Waals surface area contributed by atoms with Gasteiger partial charge in [-0.3, -0.25) is 5.43 Å². The lowest BCUT2D eigenvalue weighted by Crippen LogP contribution is -2.23. The molecule has 0 amide bonds. The van der Waals surface area contributed by atoms with E-state index < -0.39 is 5.97 Å². The van der Waals surface area contributed by atoms with Gasteiger partial charge in [-0.05, 0) is 72.4 Å². The molecule has 0 heterocycles. The topological polar surface area (TPSA) is 62.7 Å². The average molecular weight is 458 g/mol. The summed E-state index contributed by atoms with van der Waals surface area (Å²) >= 11 is 5.24. The maximum atomic E-state index is 13.1. The van der Waals surface area contributed by atoms with Crippen LogP contribution in [-0.4, -0.2) is 17.3 Å². The van der Waals surface area contributed by atoms with Crippen LogP contribution in [-0.2, 0) is 0 Å². The van der Waals surface area contributed by atoms with Gasteiger partial charge in [0.15, 0.2) is 5.11 Å². The van der Waals surface area contributed by atoms with Gasteiger partial charge >= 0.3 is 5.97 Å². The maximum absolute atomic E-state index is 13.1. The molecule has 0 bridgehead atoms. The lowest BCUT2D eigenvalue weighted by molar-refractivity contribution is 0.0734. The molecule has 7 heteroatoms. The van der Waals surface area contributed by atoms with E-state index in [4.69, 9.17) is 17.0 Å². The quantitative estimate of drug-likeness (QED) is 0.130. The molecule has 0 aliphatic carbocycles. The molecule has 33 heavy (non-hydrogen) atoms. The number of esters is 1. The third-order valence-electron chi connectivity index (χ3n) is 4.85. The van der Waals surface area contributed by atoms with Crippen molar-refractivity contribution < 1.29 is 13.9 Å². The Balaban J connectivity index is 1.56. The van der Waals surface area contributed by atoms with E-state index in [0.29, 0.717) is 22.6 Å². The molecule has 0 aliphatic heterocycles. The maximum Gasteiger partial charge on any atom is 0.343 e. The molecule has 0 atom stereocenters. The third kappa shape index (κ3) is 5.58. The van der Waals surface area contributed by atoms with Crippen LogP contribution in [0.25, 0.3) is 10.8 Å². The fourth-order valence-electron chi connectivity index (χ4n) is 3.28. The first-order chi connectivity index (χ1) is 16.0. The minimum atomic E-state index is -0.454. The number of carbonyl (C=O) groups is 1. The summed E-state index contributed by atoms with van der Waals surface area (Å²) < 4.78 is 18.8. The Morgan fingerprint density at radius 3 is 2.58 bits per heavy atom. The highest BCUT2D eigenvalue weighted by Gasteiger charge is 2.13. The number of hydrazone groups is 1. The van der Waals surface area contributed by atoms with Crippen LogP contribution in [0.3, 0.4) is 0 Å². The van der Waals surface area contributed by atoms with Crippen LogP contribution < -0.4 is 15.5 Å². The summed E-state index contributed by atoms with van der Waals surface area (Å²) in [6, 6.07) is 24.4. The predicted octanol–water partition coefficient (Wildman–Crippen LogP) is 5.83. The Labute approximate surface area is 195 Å². The van der Waals surface area contributed by atoms with Crippen LogP contribution in [0.4, 0.5) is 10.1 Å². The van der Waals surface area contributed by atoms with Crippen LogP contribution in [0, 0.1) is 12.7 Å². The SMILES string of the molecule is Cc1cccc(C(=O)Oc2ccc3ccccc3c2/C=N\NC(=S)Nc2ccc(F)cc2)c1. The Morgan fingerprint density at radius 2 is 1.79 bits per heavy atom. The van der Waals surface area contributed by atoms with Crippen molar-refractivity contribution in [2.75, 3.05) is 5.32 Å². The highest BCUT2D eigenvalue weighted by Crippen LogP contribution is 2.27. The molecule has 164 valence electrons. The van der Waals surface area contributed by atoms with Crippen molar-refractivity contribution in [1.82, 2.24) is 5.43 Å². The zero-order chi connectivity index (χ0) is 23.2. The number of nitrogens with zero attached hydrogens (tertiary/aromatic N) is 1. The Kier molecular flexibility index (Phi) is 6.71. The number of hydrogen-bond donors (Lipinski definition) is 2. The van der Waals surface area contributed by atoms with Gasteiger partial charge in [0.25, 0.3) is 0 Å². The first-order valence-electron chi connectivity index (χ1n) is 10.2. The fraction of sp³-hybridized carbons (Fsp3) is 0.0385. The number of fused-ring (bicyclic) bond motifs is 1. The molecule has 4 aromatic rings. The van der Waals surface area contributed by atoms with Crippen LogP contribution >= 0.6 is 12.2 Å². The van der Waals surface area contributed by atoms with Gasteiger partial charge in [0.1, 0.15) is 11.6 Å². The second-order valence-corrected chi connectivity index (χ2v) is 7.70. The van der Waals surface area contributed by atoms with Crippen molar-refractivity contribution in [3.05, 3.63) is 107 Å². The number of nitrogens with one attached hydrogen (secondary N) is 2. The molecule has 4 rings (SSSR count). The summed E-state index contributed by atoms with van der Waals surface area (Å²) in [6.07, 6.45) is 1.56. The molecular weight excluding hydrogens is 437 g/mol. The van der Waals surface area contributed by atoms with E-state index in [2.05, 4.69) is 15.8 Å². The fourth-order valence-corrected chi connectivity index (χ4v) is 3.45. The highest BCUT2D eigenvalue weighted by molar-refractivity contribution is 7.80. The number of hydrogen-bond acceptors (Lipinski definition) is 4. The van der Waals surface area contributed by atoms with Crippen LogP contribution in [0.2, 0.25) is 0 Å². The van der Waals surface area contributed by atoms with Crippen molar-refractivity contribution in [3.63, 3.8) is 0 Å². The Bertz CT molecular complexity index is 1350. The van der Waals surface area contributed by atoms with Gasteiger partial charge in [0.2, 0.25) is 0 Å². The van der Waals surface area contributed by atoms with Crippen molar-refractivity contribution in [2.24, 2.45) is 5.10 Å². The van der Waals surface area contributed by atoms with Gasteiger partial charge < -0.3 is 10.1 Å². The number of carbonyl (C=O) groups excluding carboxylic acids is 1. The number of anilines is 1. The van der Waals surface area contributed by atoms with E-state index in [1.165, 1.54) is 12.1 Å². The van der Waals surface area contributed by atoms with Gasteiger partial charge in [-0.2, -0.15) is 5.10 Å². The number of halogens is 1. The standard InChI is InChI=1S/C26H20FN3O2S/c1-17-5-4-7-19(15-17)25(31)32-24-14-9-18-6-2-3-8-22(18)23(24)16-28-30-26(33)29-21-12-10-20(27)11-13-21/h2-16H,1H3,(H2,29,30,33)/b28-16-. The largest absolute Gasteiger partial charge is 0.422 e. The first-order valence-corrected chi connectivity index (χ1v) is 10.6. The molecule has 0 spiro atoms. The molecule has 0 aliphatic rings. The third-order valence-corrected chi connectivity index (χ3v) is 5.04. The molecule has 0 aromatic heterocycles. The molecule has 0 saturated heterocycles. The smallest absolute Gasteiger partial charge is 0.343 e. The van der Waals surface area contributed by atoms with Gasteiger partial charge in [-0.25, -0.2) is 9.18 Å². The molecular formula is C26H20FN3O2S. The molecule has 2 N–H and O–H groups in total. The molecule has 4 aromatic carbocycles. The van der Waals surface area contributed by atoms with E-state index in [9.17, 15) is 9.18 Å². The summed E-state index contributed by atoms with van der Waals surface area (Å²) in [5.41, 5.74) is 5.43. The van der Waals surface area contributed by atoms with E-state index in [-0.39, 0.29) is 10.9 Å². The minimum Gasteiger partial charge on any atom is -0.422 e. The van der Waals surface area contributed by atoms with Gasteiger partial charge in [0, 0.05) is 11.3 Å². The van der Waals surface area contributed by atoms with E-state index in [1.54, 1.807) is 36.5 Å². The number of benzene rings is 4. The number of ether oxygens (including phenoxy) is 1. The van der Waals surface area contributed by atoms with E-state index >= 15 is 0 Å². The second-order valence-electron chi connectivity index (χ2n) is 7.29. The van der Waals surface area contributed by atoms with Gasteiger partial charge in [-0.1, -0.05) is 48.0 Å². The molecule has 0 saturated carbocycles. The molecule has 5 nitrogen and oxygen atoms in total. The van der Waals surface area contributed by atoms with Crippen LogP contribution in [0.5, 0.6) is 5.75 Å². The van der Waals surface area contributed by atoms with Crippen LogP contribution in [0.1, 0.15) is 21.5 Å². The predicted molar refractivity (Wildman–Crippen MR) is 133 cm³/mol. The number of rotatable bonds is 5. The zero-order valence-electron chi connectivity index (χ0n) is 17.7. The summed E-state index contributed by atoms with van der Waals surface area (Å²) in [4.78, 5) is 12.7. The van der Waals surface area contributed by atoms with Crippen molar-refractivity contribution >= 4 is 46.0 Å². The first kappa shape index (κ1) is 22.1. The van der Waals surface area contributed by atoms with Gasteiger partial charge in [0.05, 0.1) is 11.8 Å². The van der Waals surface area contributed by atoms with Gasteiger partial charge in [-0.15, -0.1) is 0 Å². The Hall–Kier alpha value is -4.10. The minimum absolute atomic E-state index is 0.233. The van der Waals surface area contributed by atoms with Crippen molar-refractivity contribution in [1.29, 1.82) is 0 Å². The average Bonchev–Trinajstić information content (AvgIpc) is 2.81. The number of thiocarbonyl (C=S) groups is 1. The summed E-state index contributed by atoms with van der Waals surface area (Å²) in [7, 11) is 0. The monoisotopic (exact) mass is 457 g/mol. The molecule has 0 fully saturated rings. The van der Waals surface area contributed by atoms with Crippen molar-refractivity contribution in [2.45, 2.75) is 6.92 Å². The van der Waals surface area contributed by atoms with E-state index in [1.807, 2.05) is 49.4 Å². The zero-order valence-corrected chi connectivity index (χ0v) is 18.5. The van der Waals surface area contributed by atoms with E-state index in [0.717, 1.165) is 16.3 Å². The van der Waals surface area contributed by atoms with Crippen LogP contribution in [0.15, 0.2) is 90.0 Å². The summed E-state index contributed by atoms with van der Waals surface area (Å²) in [5.74, 6) is -0.408. The second kappa shape index (κ2) is 10.0. The van der Waals surface area contributed by atoms with Crippen molar-refractivity contribution in [3.8, 4) is 5.75 Å². The molecule has 0 unspecified atom stereocenters. The highest BCUT2D eigenvalue weighted by atomic mass is 32.1. The Morgan fingerprint density at radius 1 is 1.00 bits per heavy atom. The lowest BCUT2D eigenvalue weighted by Gasteiger charge is -2.11. The summed E-state index contributed by atoms with van der Waals surface area (Å²) in [6.45, 7) is 1.92. The summed E-state index contributed by atoms with van der Waals surface area (Å²) in [5, 5.41) is 9.21. The molecule has 0 radical (unpaired) electrons. The number of aryl methyl sites for hydroxylation is 1.